The number of phenols is 1. The van der Waals surface area contributed by atoms with Crippen LogP contribution in [0.15, 0.2) is 50.1 Å². The van der Waals surface area contributed by atoms with Crippen molar-refractivity contribution in [2.75, 3.05) is 6.61 Å². The van der Waals surface area contributed by atoms with E-state index in [4.69, 9.17) is 4.74 Å². The molecule has 0 saturated heterocycles. The molecule has 0 heterocycles. The van der Waals surface area contributed by atoms with Gasteiger partial charge in [-0.3, -0.25) is 0 Å². The van der Waals surface area contributed by atoms with Gasteiger partial charge in [-0.05, 0) is 41.7 Å². The van der Waals surface area contributed by atoms with E-state index in [-0.39, 0.29) is 0 Å². The van der Waals surface area contributed by atoms with E-state index in [0.717, 1.165) is 16.7 Å². The van der Waals surface area contributed by atoms with Crippen LogP contribution >= 0.6 is 0 Å². The summed E-state index contributed by atoms with van der Waals surface area (Å²) in [4.78, 5) is 0. The van der Waals surface area contributed by atoms with Gasteiger partial charge < -0.3 is 9.84 Å². The van der Waals surface area contributed by atoms with Crippen molar-refractivity contribution in [1.82, 2.24) is 0 Å². The van der Waals surface area contributed by atoms with Crippen LogP contribution in [0.1, 0.15) is 16.7 Å². The van der Waals surface area contributed by atoms with Crippen LogP contribution in [0.2, 0.25) is 0 Å². The summed E-state index contributed by atoms with van der Waals surface area (Å²) in [6.07, 6.45) is 6.56. The number of phenolic OH excluding ortho intramolecular Hbond substituents is 1. The minimum atomic E-state index is 0.335. The van der Waals surface area contributed by atoms with Crippen LogP contribution < -0.4 is 0 Å². The summed E-state index contributed by atoms with van der Waals surface area (Å²) < 4.78 is 5.42. The molecule has 2 nitrogen and oxygen atoms in total. The zero-order valence-electron chi connectivity index (χ0n) is 10.7. The first-order chi connectivity index (χ1) is 8.72. The summed E-state index contributed by atoms with van der Waals surface area (Å²) in [5, 5.41) is 10.1. The van der Waals surface area contributed by atoms with E-state index in [2.05, 4.69) is 19.7 Å². The molecule has 1 rings (SSSR count). The van der Waals surface area contributed by atoms with E-state index in [1.807, 2.05) is 12.1 Å². The average Bonchev–Trinajstić information content (AvgIpc) is 2.35. The Morgan fingerprint density at radius 1 is 1.00 bits per heavy atom. The lowest BCUT2D eigenvalue weighted by Crippen LogP contribution is -1.97. The fourth-order valence-corrected chi connectivity index (χ4v) is 1.80. The Kier molecular flexibility index (Phi) is 5.95. The molecule has 1 N–H and O–H groups in total. The lowest BCUT2D eigenvalue weighted by atomic mass is 10.00. The van der Waals surface area contributed by atoms with E-state index in [1.165, 1.54) is 0 Å². The Bertz CT molecular complexity index is 402. The van der Waals surface area contributed by atoms with Gasteiger partial charge in [-0.2, -0.15) is 0 Å². The standard InChI is InChI=1S/C16H20O2/c1-4-7-14-10-13(12-18-9-6-3)11-15(8-5-2)16(14)17/h4-6,10-11,17H,1-3,7-9,12H2. The Hall–Kier alpha value is -1.80. The normalized spacial score (nSPS) is 10.0. The molecule has 2 heteroatoms. The summed E-state index contributed by atoms with van der Waals surface area (Å²) in [6, 6.07) is 3.90. The average molecular weight is 244 g/mol. The number of benzene rings is 1. The highest BCUT2D eigenvalue weighted by atomic mass is 16.5. The van der Waals surface area contributed by atoms with Gasteiger partial charge in [-0.15, -0.1) is 19.7 Å². The molecule has 0 bridgehead atoms. The second-order valence-electron chi connectivity index (χ2n) is 4.05. The Morgan fingerprint density at radius 3 is 2.00 bits per heavy atom. The molecule has 0 spiro atoms. The maximum absolute atomic E-state index is 10.1. The first-order valence-electron chi connectivity index (χ1n) is 5.97. The largest absolute Gasteiger partial charge is 0.507 e. The molecule has 96 valence electrons. The second kappa shape index (κ2) is 7.51. The zero-order valence-corrected chi connectivity index (χ0v) is 10.7. The van der Waals surface area contributed by atoms with Crippen LogP contribution in [0, 0.1) is 0 Å². The van der Waals surface area contributed by atoms with Crippen LogP contribution in [-0.2, 0) is 24.2 Å². The molecule has 0 radical (unpaired) electrons. The van der Waals surface area contributed by atoms with Gasteiger partial charge in [-0.25, -0.2) is 0 Å². The zero-order chi connectivity index (χ0) is 13.4. The predicted octanol–water partition coefficient (Wildman–Crippen LogP) is 3.55. The molecule has 0 atom stereocenters. The Labute approximate surface area is 109 Å². The molecule has 0 aliphatic carbocycles. The number of aromatic hydroxyl groups is 1. The molecule has 0 aromatic heterocycles. The summed E-state index contributed by atoms with van der Waals surface area (Å²) >= 11 is 0. The molecule has 0 aliphatic heterocycles. The molecule has 18 heavy (non-hydrogen) atoms. The van der Waals surface area contributed by atoms with Crippen molar-refractivity contribution in [1.29, 1.82) is 0 Å². The van der Waals surface area contributed by atoms with Crippen LogP contribution in [0.25, 0.3) is 0 Å². The lowest BCUT2D eigenvalue weighted by Gasteiger charge is -2.11. The van der Waals surface area contributed by atoms with Gasteiger partial charge in [0, 0.05) is 0 Å². The van der Waals surface area contributed by atoms with Gasteiger partial charge in [0.15, 0.2) is 0 Å². The topological polar surface area (TPSA) is 29.5 Å². The molecular formula is C16H20O2. The van der Waals surface area contributed by atoms with Gasteiger partial charge in [0.25, 0.3) is 0 Å². The van der Waals surface area contributed by atoms with Crippen LogP contribution in [-0.4, -0.2) is 11.7 Å². The van der Waals surface area contributed by atoms with Gasteiger partial charge in [-0.1, -0.05) is 18.2 Å². The number of allylic oxidation sites excluding steroid dienone is 2. The van der Waals surface area contributed by atoms with Crippen molar-refractivity contribution < 1.29 is 9.84 Å². The summed E-state index contributed by atoms with van der Waals surface area (Å²) in [5.74, 6) is 0.335. The summed E-state index contributed by atoms with van der Waals surface area (Å²) in [7, 11) is 0. The van der Waals surface area contributed by atoms with Gasteiger partial charge in [0.2, 0.25) is 0 Å². The minimum Gasteiger partial charge on any atom is -0.507 e. The molecule has 0 unspecified atom stereocenters. The Morgan fingerprint density at radius 2 is 1.56 bits per heavy atom. The molecule has 1 aromatic carbocycles. The molecule has 1 aromatic rings. The van der Waals surface area contributed by atoms with Crippen molar-refractivity contribution in [3.8, 4) is 5.75 Å². The van der Waals surface area contributed by atoms with E-state index in [0.29, 0.717) is 31.8 Å². The van der Waals surface area contributed by atoms with Crippen molar-refractivity contribution in [2.45, 2.75) is 19.4 Å². The van der Waals surface area contributed by atoms with Crippen LogP contribution in [0.5, 0.6) is 5.75 Å². The monoisotopic (exact) mass is 244 g/mol. The molecule has 0 saturated carbocycles. The van der Waals surface area contributed by atoms with E-state index >= 15 is 0 Å². The lowest BCUT2D eigenvalue weighted by molar-refractivity contribution is 0.149. The number of rotatable bonds is 8. The van der Waals surface area contributed by atoms with Crippen molar-refractivity contribution in [2.24, 2.45) is 0 Å². The maximum Gasteiger partial charge on any atom is 0.122 e. The van der Waals surface area contributed by atoms with Crippen molar-refractivity contribution in [3.63, 3.8) is 0 Å². The number of hydrogen-bond donors (Lipinski definition) is 1. The summed E-state index contributed by atoms with van der Waals surface area (Å²) in [5.41, 5.74) is 2.80. The van der Waals surface area contributed by atoms with E-state index < -0.39 is 0 Å². The molecule has 0 fully saturated rings. The van der Waals surface area contributed by atoms with Crippen LogP contribution in [0.3, 0.4) is 0 Å². The van der Waals surface area contributed by atoms with Gasteiger partial charge in [0.1, 0.15) is 5.75 Å². The van der Waals surface area contributed by atoms with Crippen LogP contribution in [0.4, 0.5) is 0 Å². The highest BCUT2D eigenvalue weighted by Crippen LogP contribution is 2.26. The first-order valence-corrected chi connectivity index (χ1v) is 5.97. The fourth-order valence-electron chi connectivity index (χ4n) is 1.80. The smallest absolute Gasteiger partial charge is 0.122 e. The van der Waals surface area contributed by atoms with E-state index in [1.54, 1.807) is 18.2 Å². The molecular weight excluding hydrogens is 224 g/mol. The SMILES string of the molecule is C=CCOCc1cc(CC=C)c(O)c(CC=C)c1. The third-order valence-electron chi connectivity index (χ3n) is 2.56. The highest BCUT2D eigenvalue weighted by Gasteiger charge is 2.08. The highest BCUT2D eigenvalue weighted by molar-refractivity contribution is 5.45. The molecule has 0 aliphatic rings. The van der Waals surface area contributed by atoms with E-state index in [9.17, 15) is 5.11 Å². The van der Waals surface area contributed by atoms with Gasteiger partial charge in [0.05, 0.1) is 13.2 Å². The number of hydrogen-bond acceptors (Lipinski definition) is 2. The van der Waals surface area contributed by atoms with Gasteiger partial charge >= 0.3 is 0 Å². The predicted molar refractivity (Wildman–Crippen MR) is 75.8 cm³/mol. The third kappa shape index (κ3) is 3.90. The van der Waals surface area contributed by atoms with Crippen molar-refractivity contribution in [3.05, 3.63) is 66.8 Å². The minimum absolute atomic E-state index is 0.335. The van der Waals surface area contributed by atoms with Crippen molar-refractivity contribution >= 4 is 0 Å². The molecule has 0 amide bonds. The fraction of sp³-hybridized carbons (Fsp3) is 0.250. The quantitative estimate of drug-likeness (QED) is 0.559. The second-order valence-corrected chi connectivity index (χ2v) is 4.05. The number of ether oxygens (including phenoxy) is 1. The summed E-state index contributed by atoms with van der Waals surface area (Å²) in [6.45, 7) is 12.0. The first kappa shape index (κ1) is 14.3. The Balaban J connectivity index is 2.98. The third-order valence-corrected chi connectivity index (χ3v) is 2.56. The maximum atomic E-state index is 10.1.